The normalized spacial score (nSPS) is 12.6. The zero-order chi connectivity index (χ0) is 13.0. The SMILES string of the molecule is CCCNC(C)c1nnc(-c2cccc(Cl)c2)s1. The smallest absolute Gasteiger partial charge is 0.147 e. The van der Waals surface area contributed by atoms with E-state index in [-0.39, 0.29) is 6.04 Å². The molecule has 0 aliphatic rings. The van der Waals surface area contributed by atoms with Gasteiger partial charge in [0, 0.05) is 10.6 Å². The van der Waals surface area contributed by atoms with Crippen LogP contribution in [0.25, 0.3) is 10.6 Å². The van der Waals surface area contributed by atoms with Crippen molar-refractivity contribution in [1.82, 2.24) is 15.5 Å². The molecule has 0 aliphatic heterocycles. The second kappa shape index (κ2) is 6.27. The second-order valence-corrected chi connectivity index (χ2v) is 5.58. The molecule has 0 radical (unpaired) electrons. The summed E-state index contributed by atoms with van der Waals surface area (Å²) in [6, 6.07) is 7.95. The number of nitrogens with zero attached hydrogens (tertiary/aromatic N) is 2. The molecule has 1 N–H and O–H groups in total. The fourth-order valence-corrected chi connectivity index (χ4v) is 2.65. The van der Waals surface area contributed by atoms with Crippen LogP contribution in [0.15, 0.2) is 24.3 Å². The van der Waals surface area contributed by atoms with Gasteiger partial charge >= 0.3 is 0 Å². The van der Waals surface area contributed by atoms with Crippen LogP contribution >= 0.6 is 22.9 Å². The molecule has 1 aromatic heterocycles. The largest absolute Gasteiger partial charge is 0.308 e. The highest BCUT2D eigenvalue weighted by atomic mass is 35.5. The fraction of sp³-hybridized carbons (Fsp3) is 0.385. The van der Waals surface area contributed by atoms with Crippen LogP contribution in [0, 0.1) is 0 Å². The van der Waals surface area contributed by atoms with E-state index in [1.165, 1.54) is 0 Å². The van der Waals surface area contributed by atoms with E-state index >= 15 is 0 Å². The first-order chi connectivity index (χ1) is 8.70. The first-order valence-corrected chi connectivity index (χ1v) is 7.23. The van der Waals surface area contributed by atoms with Crippen molar-refractivity contribution in [2.45, 2.75) is 26.3 Å². The quantitative estimate of drug-likeness (QED) is 0.903. The molecular formula is C13H16ClN3S. The van der Waals surface area contributed by atoms with Gasteiger partial charge in [-0.05, 0) is 32.0 Å². The zero-order valence-corrected chi connectivity index (χ0v) is 12.1. The van der Waals surface area contributed by atoms with Gasteiger partial charge in [0.05, 0.1) is 6.04 Å². The third kappa shape index (κ3) is 3.28. The molecule has 1 atom stereocenters. The lowest BCUT2D eigenvalue weighted by Gasteiger charge is -2.08. The number of hydrogen-bond donors (Lipinski definition) is 1. The average Bonchev–Trinajstić information content (AvgIpc) is 2.85. The monoisotopic (exact) mass is 281 g/mol. The van der Waals surface area contributed by atoms with E-state index in [0.717, 1.165) is 33.6 Å². The highest BCUT2D eigenvalue weighted by Gasteiger charge is 2.12. The van der Waals surface area contributed by atoms with Gasteiger partial charge in [0.2, 0.25) is 0 Å². The maximum atomic E-state index is 5.98. The van der Waals surface area contributed by atoms with E-state index in [2.05, 4.69) is 29.4 Å². The molecular weight excluding hydrogens is 266 g/mol. The first kappa shape index (κ1) is 13.5. The van der Waals surface area contributed by atoms with Gasteiger partial charge < -0.3 is 5.32 Å². The fourth-order valence-electron chi connectivity index (χ4n) is 1.60. The van der Waals surface area contributed by atoms with Gasteiger partial charge in [0.15, 0.2) is 0 Å². The third-order valence-corrected chi connectivity index (χ3v) is 3.97. The van der Waals surface area contributed by atoms with Crippen LogP contribution < -0.4 is 5.32 Å². The van der Waals surface area contributed by atoms with E-state index in [4.69, 9.17) is 11.6 Å². The number of nitrogens with one attached hydrogen (secondary N) is 1. The molecule has 0 aliphatic carbocycles. The zero-order valence-electron chi connectivity index (χ0n) is 10.5. The highest BCUT2D eigenvalue weighted by Crippen LogP contribution is 2.28. The van der Waals surface area contributed by atoms with E-state index in [1.54, 1.807) is 11.3 Å². The van der Waals surface area contributed by atoms with Gasteiger partial charge in [-0.15, -0.1) is 10.2 Å². The van der Waals surface area contributed by atoms with Crippen molar-refractivity contribution in [2.75, 3.05) is 6.54 Å². The van der Waals surface area contributed by atoms with Gasteiger partial charge in [0.1, 0.15) is 10.0 Å². The Morgan fingerprint density at radius 2 is 2.22 bits per heavy atom. The molecule has 1 aromatic carbocycles. The molecule has 0 fully saturated rings. The van der Waals surface area contributed by atoms with Crippen LogP contribution in [0.5, 0.6) is 0 Å². The molecule has 1 unspecified atom stereocenters. The van der Waals surface area contributed by atoms with E-state index in [1.807, 2.05) is 24.3 Å². The van der Waals surface area contributed by atoms with Crippen molar-refractivity contribution < 1.29 is 0 Å². The van der Waals surface area contributed by atoms with Gasteiger partial charge in [-0.25, -0.2) is 0 Å². The summed E-state index contributed by atoms with van der Waals surface area (Å²) in [5, 5.41) is 14.5. The molecule has 3 nitrogen and oxygen atoms in total. The summed E-state index contributed by atoms with van der Waals surface area (Å²) >= 11 is 7.59. The molecule has 0 saturated heterocycles. The van der Waals surface area contributed by atoms with Crippen LogP contribution in [0.1, 0.15) is 31.3 Å². The van der Waals surface area contributed by atoms with Crippen LogP contribution in [0.2, 0.25) is 5.02 Å². The van der Waals surface area contributed by atoms with E-state index in [9.17, 15) is 0 Å². The number of benzene rings is 1. The number of halogens is 1. The summed E-state index contributed by atoms with van der Waals surface area (Å²) in [5.74, 6) is 0. The van der Waals surface area contributed by atoms with Crippen molar-refractivity contribution in [3.8, 4) is 10.6 Å². The standard InChI is InChI=1S/C13H16ClN3S/c1-3-7-15-9(2)12-16-17-13(18-12)10-5-4-6-11(14)8-10/h4-6,8-9,15H,3,7H2,1-2H3. The molecule has 2 rings (SSSR count). The molecule has 18 heavy (non-hydrogen) atoms. The minimum atomic E-state index is 0.246. The summed E-state index contributed by atoms with van der Waals surface area (Å²) in [5.41, 5.74) is 1.02. The summed E-state index contributed by atoms with van der Waals surface area (Å²) in [6.45, 7) is 5.25. The van der Waals surface area contributed by atoms with Crippen LogP contribution in [0.3, 0.4) is 0 Å². The first-order valence-electron chi connectivity index (χ1n) is 6.03. The number of hydrogen-bond acceptors (Lipinski definition) is 4. The van der Waals surface area contributed by atoms with Crippen molar-refractivity contribution in [2.24, 2.45) is 0 Å². The van der Waals surface area contributed by atoms with Gasteiger partial charge in [0.25, 0.3) is 0 Å². The van der Waals surface area contributed by atoms with Gasteiger partial charge in [-0.2, -0.15) is 0 Å². The number of rotatable bonds is 5. The molecule has 0 saturated carbocycles. The highest BCUT2D eigenvalue weighted by molar-refractivity contribution is 7.14. The van der Waals surface area contributed by atoms with Gasteiger partial charge in [-0.1, -0.05) is 42.0 Å². The Morgan fingerprint density at radius 1 is 1.39 bits per heavy atom. The summed E-state index contributed by atoms with van der Waals surface area (Å²) in [7, 11) is 0. The Kier molecular flexibility index (Phi) is 4.69. The third-order valence-electron chi connectivity index (χ3n) is 2.58. The van der Waals surface area contributed by atoms with Crippen molar-refractivity contribution in [3.05, 3.63) is 34.3 Å². The Labute approximate surface area is 116 Å². The van der Waals surface area contributed by atoms with Crippen molar-refractivity contribution in [1.29, 1.82) is 0 Å². The predicted octanol–water partition coefficient (Wildman–Crippen LogP) is 3.92. The minimum Gasteiger partial charge on any atom is -0.308 e. The summed E-state index contributed by atoms with van der Waals surface area (Å²) in [6.07, 6.45) is 1.12. The molecule has 5 heteroatoms. The number of aromatic nitrogens is 2. The Morgan fingerprint density at radius 3 is 2.94 bits per heavy atom. The Hall–Kier alpha value is -0.970. The predicted molar refractivity (Wildman–Crippen MR) is 77.1 cm³/mol. The maximum absolute atomic E-state index is 5.98. The topological polar surface area (TPSA) is 37.8 Å². The molecule has 0 spiro atoms. The Balaban J connectivity index is 2.15. The van der Waals surface area contributed by atoms with E-state index < -0.39 is 0 Å². The molecule has 1 heterocycles. The second-order valence-electron chi connectivity index (χ2n) is 4.13. The van der Waals surface area contributed by atoms with E-state index in [0.29, 0.717) is 0 Å². The van der Waals surface area contributed by atoms with Gasteiger partial charge in [-0.3, -0.25) is 0 Å². The van der Waals surface area contributed by atoms with Crippen LogP contribution in [-0.2, 0) is 0 Å². The molecule has 2 aromatic rings. The minimum absolute atomic E-state index is 0.246. The lowest BCUT2D eigenvalue weighted by atomic mass is 10.2. The van der Waals surface area contributed by atoms with Crippen molar-refractivity contribution >= 4 is 22.9 Å². The average molecular weight is 282 g/mol. The lowest BCUT2D eigenvalue weighted by molar-refractivity contribution is 0.564. The summed E-state index contributed by atoms with van der Waals surface area (Å²) < 4.78 is 0. The molecule has 96 valence electrons. The summed E-state index contributed by atoms with van der Waals surface area (Å²) in [4.78, 5) is 0. The molecule has 0 amide bonds. The van der Waals surface area contributed by atoms with Crippen LogP contribution in [0.4, 0.5) is 0 Å². The van der Waals surface area contributed by atoms with Crippen LogP contribution in [-0.4, -0.2) is 16.7 Å². The lowest BCUT2D eigenvalue weighted by Crippen LogP contribution is -2.18. The Bertz CT molecular complexity index is 512. The molecule has 0 bridgehead atoms. The maximum Gasteiger partial charge on any atom is 0.147 e. The van der Waals surface area contributed by atoms with Crippen molar-refractivity contribution in [3.63, 3.8) is 0 Å².